The topological polar surface area (TPSA) is 49.3 Å². The van der Waals surface area contributed by atoms with E-state index >= 15 is 0 Å². The van der Waals surface area contributed by atoms with Crippen LogP contribution in [-0.4, -0.2) is 9.32 Å². The maximum absolute atomic E-state index is 12.0. The predicted octanol–water partition coefficient (Wildman–Crippen LogP) is 2.84. The number of aromatic hydroxyl groups is 1. The molecule has 0 aliphatic heterocycles. The van der Waals surface area contributed by atoms with Crippen LogP contribution in [0.5, 0.6) is 5.75 Å². The fraction of sp³-hybridized carbons (Fsp3) is 0.0769. The first-order valence-electron chi connectivity index (χ1n) is 5.20. The summed E-state index contributed by atoms with van der Waals surface area (Å²) in [5, 5.41) is 9.63. The first-order chi connectivity index (χ1) is 8.16. The van der Waals surface area contributed by atoms with Gasteiger partial charge >= 0.3 is 0 Å². The maximum Gasteiger partial charge on any atom is 0.150 e. The fourth-order valence-electron chi connectivity index (χ4n) is 1.43. The molecule has 0 bridgehead atoms. The highest BCUT2D eigenvalue weighted by atomic mass is 32.2. The van der Waals surface area contributed by atoms with E-state index in [-0.39, 0.29) is 5.75 Å². The minimum Gasteiger partial charge on any atom is -0.506 e. The Morgan fingerprint density at radius 1 is 1.12 bits per heavy atom. The molecule has 0 amide bonds. The molecule has 0 spiro atoms. The second kappa shape index (κ2) is 5.01. The van der Waals surface area contributed by atoms with E-state index in [0.717, 1.165) is 5.56 Å². The summed E-state index contributed by atoms with van der Waals surface area (Å²) in [5.74, 6) is 0.0971. The molecule has 2 rings (SSSR count). The number of benzene rings is 2. The second-order valence-electron chi connectivity index (χ2n) is 3.70. The predicted molar refractivity (Wildman–Crippen MR) is 69.3 cm³/mol. The van der Waals surface area contributed by atoms with Crippen molar-refractivity contribution < 1.29 is 9.32 Å². The summed E-state index contributed by atoms with van der Waals surface area (Å²) in [7, 11) is -1.36. The number of hydrogen-bond acceptors (Lipinski definition) is 2. The third-order valence-electron chi connectivity index (χ3n) is 2.31. The number of nitrogens with one attached hydrogen (secondary N) is 1. The Bertz CT molecular complexity index is 540. The third kappa shape index (κ3) is 2.85. The van der Waals surface area contributed by atoms with Crippen molar-refractivity contribution in [3.8, 4) is 5.75 Å². The Hall–Kier alpha value is -1.81. The van der Waals surface area contributed by atoms with Gasteiger partial charge in [0.2, 0.25) is 0 Å². The molecule has 17 heavy (non-hydrogen) atoms. The lowest BCUT2D eigenvalue weighted by molar-refractivity contribution is 0.478. The van der Waals surface area contributed by atoms with Gasteiger partial charge in [-0.3, -0.25) is 4.72 Å². The van der Waals surface area contributed by atoms with Crippen molar-refractivity contribution in [3.63, 3.8) is 0 Å². The van der Waals surface area contributed by atoms with Crippen LogP contribution in [-0.2, 0) is 11.0 Å². The number of aryl methyl sites for hydroxylation is 1. The summed E-state index contributed by atoms with van der Waals surface area (Å²) in [6.45, 7) is 1.91. The number of anilines is 1. The lowest BCUT2D eigenvalue weighted by atomic mass is 10.2. The van der Waals surface area contributed by atoms with E-state index in [1.165, 1.54) is 0 Å². The number of phenolic OH excluding ortho intramolecular Hbond substituents is 1. The average Bonchev–Trinajstić information content (AvgIpc) is 2.35. The Kier molecular flexibility index (Phi) is 3.44. The Morgan fingerprint density at radius 3 is 2.53 bits per heavy atom. The van der Waals surface area contributed by atoms with Gasteiger partial charge in [0.1, 0.15) is 16.7 Å². The highest BCUT2D eigenvalue weighted by Gasteiger charge is 2.06. The van der Waals surface area contributed by atoms with Gasteiger partial charge in [-0.1, -0.05) is 24.3 Å². The van der Waals surface area contributed by atoms with E-state index in [4.69, 9.17) is 0 Å². The van der Waals surface area contributed by atoms with Crippen LogP contribution >= 0.6 is 0 Å². The third-order valence-corrected chi connectivity index (χ3v) is 3.42. The number of hydrogen-bond donors (Lipinski definition) is 2. The van der Waals surface area contributed by atoms with Crippen molar-refractivity contribution in [1.82, 2.24) is 0 Å². The molecule has 3 nitrogen and oxygen atoms in total. The van der Waals surface area contributed by atoms with Crippen molar-refractivity contribution in [1.29, 1.82) is 0 Å². The van der Waals surface area contributed by atoms with E-state index in [1.807, 2.05) is 25.1 Å². The average molecular weight is 247 g/mol. The molecule has 1 unspecified atom stereocenters. The van der Waals surface area contributed by atoms with Gasteiger partial charge in [-0.05, 0) is 36.8 Å². The monoisotopic (exact) mass is 247 g/mol. The molecule has 1 atom stereocenters. The Balaban J connectivity index is 2.22. The smallest absolute Gasteiger partial charge is 0.150 e. The molecule has 0 saturated carbocycles. The summed E-state index contributed by atoms with van der Waals surface area (Å²) in [4.78, 5) is 0.674. The van der Waals surface area contributed by atoms with Crippen LogP contribution in [0.15, 0.2) is 53.4 Å². The van der Waals surface area contributed by atoms with Crippen molar-refractivity contribution >= 4 is 16.7 Å². The zero-order chi connectivity index (χ0) is 12.3. The summed E-state index contributed by atoms with van der Waals surface area (Å²) < 4.78 is 14.8. The van der Waals surface area contributed by atoms with Crippen molar-refractivity contribution in [2.75, 3.05) is 4.72 Å². The normalized spacial score (nSPS) is 12.1. The molecule has 0 saturated heterocycles. The summed E-state index contributed by atoms with van der Waals surface area (Å²) in [6, 6.07) is 14.2. The summed E-state index contributed by atoms with van der Waals surface area (Å²) >= 11 is 0. The molecule has 0 aromatic heterocycles. The van der Waals surface area contributed by atoms with Crippen LogP contribution in [0.4, 0.5) is 5.69 Å². The second-order valence-corrected chi connectivity index (χ2v) is 4.92. The number of rotatable bonds is 3. The van der Waals surface area contributed by atoms with Crippen LogP contribution in [0.3, 0.4) is 0 Å². The van der Waals surface area contributed by atoms with Crippen LogP contribution in [0.1, 0.15) is 5.56 Å². The van der Waals surface area contributed by atoms with Gasteiger partial charge in [0.25, 0.3) is 0 Å². The molecule has 88 valence electrons. The van der Waals surface area contributed by atoms with E-state index in [2.05, 4.69) is 4.72 Å². The lowest BCUT2D eigenvalue weighted by Crippen LogP contribution is -2.04. The van der Waals surface area contributed by atoms with Crippen LogP contribution in [0.2, 0.25) is 0 Å². The maximum atomic E-state index is 12.0. The van der Waals surface area contributed by atoms with Crippen molar-refractivity contribution in [2.45, 2.75) is 11.8 Å². The zero-order valence-corrected chi connectivity index (χ0v) is 10.2. The van der Waals surface area contributed by atoms with E-state index < -0.39 is 11.0 Å². The highest BCUT2D eigenvalue weighted by Crippen LogP contribution is 2.25. The molecule has 2 N–H and O–H groups in total. The van der Waals surface area contributed by atoms with Gasteiger partial charge in [-0.25, -0.2) is 4.21 Å². The van der Waals surface area contributed by atoms with Gasteiger partial charge in [-0.2, -0.15) is 0 Å². The molecule has 0 radical (unpaired) electrons. The molecule has 2 aromatic carbocycles. The van der Waals surface area contributed by atoms with Gasteiger partial charge < -0.3 is 5.11 Å². The molecule has 0 aliphatic rings. The first kappa shape index (κ1) is 11.7. The molecule has 2 aromatic rings. The van der Waals surface area contributed by atoms with Crippen LogP contribution in [0.25, 0.3) is 0 Å². The molecule has 4 heteroatoms. The zero-order valence-electron chi connectivity index (χ0n) is 9.38. The minimum atomic E-state index is -1.36. The van der Waals surface area contributed by atoms with Crippen LogP contribution < -0.4 is 4.72 Å². The first-order valence-corrected chi connectivity index (χ1v) is 6.35. The Morgan fingerprint density at radius 2 is 1.82 bits per heavy atom. The quantitative estimate of drug-likeness (QED) is 0.819. The SMILES string of the molecule is Cc1ccc(O)c(NS(=O)c2ccccc2)c1. The lowest BCUT2D eigenvalue weighted by Gasteiger charge is -2.08. The highest BCUT2D eigenvalue weighted by molar-refractivity contribution is 7.86. The summed E-state index contributed by atoms with van der Waals surface area (Å²) in [6.07, 6.45) is 0. The number of phenols is 1. The summed E-state index contributed by atoms with van der Waals surface area (Å²) in [5.41, 5.74) is 1.47. The van der Waals surface area contributed by atoms with Crippen LogP contribution in [0, 0.1) is 6.92 Å². The van der Waals surface area contributed by atoms with Crippen molar-refractivity contribution in [2.24, 2.45) is 0 Å². The van der Waals surface area contributed by atoms with E-state index in [0.29, 0.717) is 10.6 Å². The molecular weight excluding hydrogens is 234 g/mol. The van der Waals surface area contributed by atoms with E-state index in [9.17, 15) is 9.32 Å². The van der Waals surface area contributed by atoms with Crippen molar-refractivity contribution in [3.05, 3.63) is 54.1 Å². The van der Waals surface area contributed by atoms with E-state index in [1.54, 1.807) is 30.3 Å². The Labute approximate surface area is 103 Å². The standard InChI is InChI=1S/C13H13NO2S/c1-10-7-8-13(15)12(9-10)14-17(16)11-5-3-2-4-6-11/h2-9,14-15H,1H3. The fourth-order valence-corrected chi connectivity index (χ4v) is 2.32. The van der Waals surface area contributed by atoms with Gasteiger partial charge in [0.15, 0.2) is 0 Å². The van der Waals surface area contributed by atoms with Gasteiger partial charge in [0, 0.05) is 0 Å². The van der Waals surface area contributed by atoms with Gasteiger partial charge in [-0.15, -0.1) is 0 Å². The molecule has 0 fully saturated rings. The molecule has 0 aliphatic carbocycles. The van der Waals surface area contributed by atoms with Gasteiger partial charge in [0.05, 0.1) is 10.6 Å². The largest absolute Gasteiger partial charge is 0.506 e. The minimum absolute atomic E-state index is 0.0971. The molecule has 0 heterocycles. The molecular formula is C13H13NO2S.